The lowest BCUT2D eigenvalue weighted by Crippen LogP contribution is -2.35. The van der Waals surface area contributed by atoms with Crippen molar-refractivity contribution in [2.75, 3.05) is 27.2 Å². The standard InChI is InChI=1S/C12H22N4O2/c1-5-18-12(17)11-10(8-14-15-11)7-13-6-9(2)16(3)4/h8-9,13H,5-7H2,1-4H3,(H,14,15). The molecule has 0 aliphatic rings. The van der Waals surface area contributed by atoms with Crippen LogP contribution in [-0.2, 0) is 11.3 Å². The van der Waals surface area contributed by atoms with E-state index in [-0.39, 0.29) is 5.97 Å². The topological polar surface area (TPSA) is 70.2 Å². The van der Waals surface area contributed by atoms with Gasteiger partial charge in [-0.25, -0.2) is 4.79 Å². The van der Waals surface area contributed by atoms with Crippen LogP contribution in [0.2, 0.25) is 0 Å². The highest BCUT2D eigenvalue weighted by Crippen LogP contribution is 2.06. The third-order valence-electron chi connectivity index (χ3n) is 2.83. The third-order valence-corrected chi connectivity index (χ3v) is 2.83. The highest BCUT2D eigenvalue weighted by Gasteiger charge is 2.14. The van der Waals surface area contributed by atoms with Crippen LogP contribution in [0.1, 0.15) is 29.9 Å². The van der Waals surface area contributed by atoms with Gasteiger partial charge in [-0.1, -0.05) is 0 Å². The molecule has 102 valence electrons. The lowest BCUT2D eigenvalue weighted by molar-refractivity contribution is 0.0518. The van der Waals surface area contributed by atoms with Crippen LogP contribution in [-0.4, -0.2) is 54.4 Å². The third kappa shape index (κ3) is 4.12. The molecule has 18 heavy (non-hydrogen) atoms. The summed E-state index contributed by atoms with van der Waals surface area (Å²) in [6.45, 7) is 5.73. The van der Waals surface area contributed by atoms with Crippen LogP contribution >= 0.6 is 0 Å². The number of carbonyl (C=O) groups excluding carboxylic acids is 1. The molecule has 0 aromatic carbocycles. The molecule has 6 heteroatoms. The van der Waals surface area contributed by atoms with Gasteiger partial charge < -0.3 is 15.0 Å². The molecular weight excluding hydrogens is 232 g/mol. The Kier molecular flexibility index (Phi) is 5.80. The number of likely N-dealkylation sites (N-methyl/N-ethyl adjacent to an activating group) is 1. The molecular formula is C12H22N4O2. The molecule has 0 saturated carbocycles. The Hall–Kier alpha value is -1.40. The van der Waals surface area contributed by atoms with E-state index < -0.39 is 0 Å². The summed E-state index contributed by atoms with van der Waals surface area (Å²) in [6.07, 6.45) is 1.65. The van der Waals surface area contributed by atoms with E-state index in [9.17, 15) is 4.79 Å². The number of rotatable bonds is 7. The van der Waals surface area contributed by atoms with Gasteiger partial charge in [0.25, 0.3) is 0 Å². The van der Waals surface area contributed by atoms with Gasteiger partial charge in [0.1, 0.15) is 5.69 Å². The highest BCUT2D eigenvalue weighted by atomic mass is 16.5. The zero-order valence-electron chi connectivity index (χ0n) is 11.5. The van der Waals surface area contributed by atoms with Crippen LogP contribution in [0.15, 0.2) is 6.20 Å². The van der Waals surface area contributed by atoms with Crippen molar-refractivity contribution in [1.82, 2.24) is 20.4 Å². The minimum atomic E-state index is -0.354. The van der Waals surface area contributed by atoms with Crippen molar-refractivity contribution in [1.29, 1.82) is 0 Å². The number of aromatic nitrogens is 2. The molecule has 0 spiro atoms. The molecule has 2 N–H and O–H groups in total. The quantitative estimate of drug-likeness (QED) is 0.698. The van der Waals surface area contributed by atoms with Crippen LogP contribution in [0.5, 0.6) is 0 Å². The van der Waals surface area contributed by atoms with Gasteiger partial charge in [-0.05, 0) is 27.9 Å². The van der Waals surface area contributed by atoms with Crippen molar-refractivity contribution in [3.05, 3.63) is 17.5 Å². The van der Waals surface area contributed by atoms with E-state index in [1.54, 1.807) is 13.1 Å². The number of nitrogens with zero attached hydrogens (tertiary/aromatic N) is 2. The second-order valence-corrected chi connectivity index (χ2v) is 4.43. The van der Waals surface area contributed by atoms with E-state index in [0.29, 0.717) is 24.9 Å². The molecule has 1 rings (SSSR count). The maximum absolute atomic E-state index is 11.6. The van der Waals surface area contributed by atoms with E-state index in [2.05, 4.69) is 27.3 Å². The lowest BCUT2D eigenvalue weighted by Gasteiger charge is -2.19. The van der Waals surface area contributed by atoms with Crippen LogP contribution < -0.4 is 5.32 Å². The van der Waals surface area contributed by atoms with Crippen molar-refractivity contribution < 1.29 is 9.53 Å². The molecule has 0 radical (unpaired) electrons. The van der Waals surface area contributed by atoms with Gasteiger partial charge in [0.05, 0.1) is 12.8 Å². The zero-order valence-corrected chi connectivity index (χ0v) is 11.5. The zero-order chi connectivity index (χ0) is 13.5. The van der Waals surface area contributed by atoms with Crippen molar-refractivity contribution in [2.24, 2.45) is 0 Å². The van der Waals surface area contributed by atoms with Crippen LogP contribution in [0, 0.1) is 0 Å². The molecule has 1 aromatic heterocycles. The molecule has 0 amide bonds. The van der Waals surface area contributed by atoms with Crippen molar-refractivity contribution in [3.8, 4) is 0 Å². The largest absolute Gasteiger partial charge is 0.461 e. The smallest absolute Gasteiger partial charge is 0.356 e. The predicted molar refractivity (Wildman–Crippen MR) is 69.4 cm³/mol. The normalized spacial score (nSPS) is 12.7. The monoisotopic (exact) mass is 254 g/mol. The van der Waals surface area contributed by atoms with E-state index in [1.807, 2.05) is 14.1 Å². The van der Waals surface area contributed by atoms with Gasteiger partial charge in [-0.15, -0.1) is 0 Å². The summed E-state index contributed by atoms with van der Waals surface area (Å²) in [7, 11) is 4.07. The average molecular weight is 254 g/mol. The molecule has 0 aliphatic heterocycles. The maximum Gasteiger partial charge on any atom is 0.356 e. The Bertz CT molecular complexity index is 376. The fourth-order valence-electron chi connectivity index (χ4n) is 1.42. The second-order valence-electron chi connectivity index (χ2n) is 4.43. The number of carbonyl (C=O) groups is 1. The van der Waals surface area contributed by atoms with Crippen LogP contribution in [0.3, 0.4) is 0 Å². The second kappa shape index (κ2) is 7.13. The average Bonchev–Trinajstić information content (AvgIpc) is 2.77. The minimum Gasteiger partial charge on any atom is -0.461 e. The van der Waals surface area contributed by atoms with Crippen molar-refractivity contribution in [3.63, 3.8) is 0 Å². The summed E-state index contributed by atoms with van der Waals surface area (Å²) in [5.74, 6) is -0.354. The van der Waals surface area contributed by atoms with E-state index in [0.717, 1.165) is 12.1 Å². The Morgan fingerprint density at radius 1 is 1.61 bits per heavy atom. The number of H-pyrrole nitrogens is 1. The fraction of sp³-hybridized carbons (Fsp3) is 0.667. The summed E-state index contributed by atoms with van der Waals surface area (Å²) in [6, 6.07) is 0.433. The number of hydrogen-bond donors (Lipinski definition) is 2. The summed E-state index contributed by atoms with van der Waals surface area (Å²) in [5, 5.41) is 9.86. The Balaban J connectivity index is 2.48. The fourth-order valence-corrected chi connectivity index (χ4v) is 1.42. The lowest BCUT2D eigenvalue weighted by atomic mass is 10.2. The summed E-state index contributed by atoms with van der Waals surface area (Å²) in [4.78, 5) is 13.7. The molecule has 1 unspecified atom stereocenters. The molecule has 6 nitrogen and oxygen atoms in total. The van der Waals surface area contributed by atoms with Gasteiger partial charge >= 0.3 is 5.97 Å². The Morgan fingerprint density at radius 3 is 2.94 bits per heavy atom. The van der Waals surface area contributed by atoms with Crippen molar-refractivity contribution >= 4 is 5.97 Å². The molecule has 0 saturated heterocycles. The molecule has 1 aromatic rings. The summed E-state index contributed by atoms with van der Waals surface area (Å²) in [5.41, 5.74) is 1.27. The van der Waals surface area contributed by atoms with Crippen LogP contribution in [0.25, 0.3) is 0 Å². The van der Waals surface area contributed by atoms with Gasteiger partial charge in [0, 0.05) is 24.7 Å². The minimum absolute atomic E-state index is 0.354. The predicted octanol–water partition coefficient (Wildman–Crippen LogP) is 0.626. The summed E-state index contributed by atoms with van der Waals surface area (Å²) < 4.78 is 4.95. The molecule has 0 fully saturated rings. The highest BCUT2D eigenvalue weighted by molar-refractivity contribution is 5.88. The SMILES string of the molecule is CCOC(=O)c1[nH]ncc1CNCC(C)N(C)C. The van der Waals surface area contributed by atoms with Gasteiger partial charge in [0.2, 0.25) is 0 Å². The van der Waals surface area contributed by atoms with Gasteiger partial charge in [0.15, 0.2) is 0 Å². The number of hydrogen-bond acceptors (Lipinski definition) is 5. The number of esters is 1. The number of nitrogens with one attached hydrogen (secondary N) is 2. The molecule has 1 atom stereocenters. The van der Waals surface area contributed by atoms with Gasteiger partial charge in [-0.3, -0.25) is 5.10 Å². The van der Waals surface area contributed by atoms with Crippen LogP contribution in [0.4, 0.5) is 0 Å². The first kappa shape index (κ1) is 14.7. The van der Waals surface area contributed by atoms with E-state index in [1.165, 1.54) is 0 Å². The van der Waals surface area contributed by atoms with Crippen molar-refractivity contribution in [2.45, 2.75) is 26.4 Å². The van der Waals surface area contributed by atoms with Gasteiger partial charge in [-0.2, -0.15) is 5.10 Å². The number of aromatic amines is 1. The molecule has 1 heterocycles. The number of ether oxygens (including phenoxy) is 1. The molecule has 0 aliphatic carbocycles. The Labute approximate surface area is 108 Å². The Morgan fingerprint density at radius 2 is 2.33 bits per heavy atom. The first-order chi connectivity index (χ1) is 8.56. The maximum atomic E-state index is 11.6. The van der Waals surface area contributed by atoms with E-state index >= 15 is 0 Å². The first-order valence-corrected chi connectivity index (χ1v) is 6.12. The molecule has 0 bridgehead atoms. The van der Waals surface area contributed by atoms with E-state index in [4.69, 9.17) is 4.74 Å². The summed E-state index contributed by atoms with van der Waals surface area (Å²) >= 11 is 0. The first-order valence-electron chi connectivity index (χ1n) is 6.12.